The Labute approximate surface area is 164 Å². The Morgan fingerprint density at radius 1 is 1.15 bits per heavy atom. The van der Waals surface area contributed by atoms with Crippen LogP contribution < -0.4 is 20.4 Å². The maximum absolute atomic E-state index is 12.2. The maximum Gasteiger partial charge on any atom is 0.336 e. The zero-order chi connectivity index (χ0) is 19.6. The minimum atomic E-state index is -0.473. The zero-order valence-electron chi connectivity index (χ0n) is 14.5. The van der Waals surface area contributed by atoms with Crippen molar-refractivity contribution in [1.29, 1.82) is 0 Å². The molecule has 0 saturated carbocycles. The number of nitrogens with one attached hydrogen (secondary N) is 1. The number of carbonyl (C=O) groups is 1. The van der Waals surface area contributed by atoms with E-state index in [4.69, 9.17) is 37.1 Å². The van der Waals surface area contributed by atoms with E-state index in [1.807, 2.05) is 0 Å². The number of fused-ring (bicyclic) bond motifs is 1. The van der Waals surface area contributed by atoms with E-state index in [9.17, 15) is 9.59 Å². The highest BCUT2D eigenvalue weighted by molar-refractivity contribution is 6.33. The summed E-state index contributed by atoms with van der Waals surface area (Å²) in [4.78, 5) is 23.7. The van der Waals surface area contributed by atoms with Crippen molar-refractivity contribution in [3.63, 3.8) is 0 Å². The van der Waals surface area contributed by atoms with Crippen molar-refractivity contribution in [3.8, 4) is 11.5 Å². The van der Waals surface area contributed by atoms with Crippen LogP contribution in [-0.2, 0) is 4.79 Å². The molecular weight excluding hydrogens is 393 g/mol. The van der Waals surface area contributed by atoms with Gasteiger partial charge in [0.05, 0.1) is 17.8 Å². The quantitative estimate of drug-likeness (QED) is 0.632. The zero-order valence-corrected chi connectivity index (χ0v) is 16.0. The van der Waals surface area contributed by atoms with Crippen LogP contribution in [0.1, 0.15) is 5.56 Å². The van der Waals surface area contributed by atoms with Crippen LogP contribution in [0.2, 0.25) is 10.0 Å². The van der Waals surface area contributed by atoms with Gasteiger partial charge in [-0.3, -0.25) is 4.79 Å². The number of methoxy groups -OCH3 is 1. The lowest BCUT2D eigenvalue weighted by molar-refractivity contribution is -0.118. The number of carbonyl (C=O) groups excluding carboxylic acids is 1. The van der Waals surface area contributed by atoms with Crippen molar-refractivity contribution in [2.45, 2.75) is 6.92 Å². The van der Waals surface area contributed by atoms with Crippen LogP contribution in [0.3, 0.4) is 0 Å². The van der Waals surface area contributed by atoms with E-state index in [-0.39, 0.29) is 12.4 Å². The Bertz CT molecular complexity index is 1080. The number of anilines is 1. The van der Waals surface area contributed by atoms with Gasteiger partial charge in [-0.25, -0.2) is 4.79 Å². The molecule has 0 radical (unpaired) electrons. The molecule has 1 N–H and O–H groups in total. The molecule has 2 aromatic carbocycles. The Morgan fingerprint density at radius 3 is 2.67 bits per heavy atom. The van der Waals surface area contributed by atoms with Gasteiger partial charge in [0.25, 0.3) is 5.91 Å². The molecule has 0 aliphatic heterocycles. The number of aryl methyl sites for hydroxylation is 1. The molecule has 27 heavy (non-hydrogen) atoms. The summed E-state index contributed by atoms with van der Waals surface area (Å²) >= 11 is 12.2. The molecule has 0 aliphatic rings. The molecule has 0 spiro atoms. The summed E-state index contributed by atoms with van der Waals surface area (Å²) in [5, 5.41) is 4.10. The molecule has 1 amide bonds. The highest BCUT2D eigenvalue weighted by Gasteiger charge is 2.13. The molecule has 1 heterocycles. The first-order valence-corrected chi connectivity index (χ1v) is 8.63. The minimum Gasteiger partial charge on any atom is -0.495 e. The van der Waals surface area contributed by atoms with Crippen LogP contribution in [0.5, 0.6) is 11.5 Å². The molecule has 0 unspecified atom stereocenters. The highest BCUT2D eigenvalue weighted by Crippen LogP contribution is 2.31. The number of ether oxygens (including phenoxy) is 2. The summed E-state index contributed by atoms with van der Waals surface area (Å²) in [6.07, 6.45) is 0. The number of hydrogen-bond donors (Lipinski definition) is 1. The van der Waals surface area contributed by atoms with Crippen molar-refractivity contribution >= 4 is 45.8 Å². The first-order valence-electron chi connectivity index (χ1n) is 7.87. The van der Waals surface area contributed by atoms with Crippen molar-refractivity contribution in [2.75, 3.05) is 19.0 Å². The Balaban J connectivity index is 1.76. The lowest BCUT2D eigenvalue weighted by Crippen LogP contribution is -2.20. The first-order chi connectivity index (χ1) is 12.9. The molecule has 3 aromatic rings. The Morgan fingerprint density at radius 2 is 1.93 bits per heavy atom. The molecule has 6 nitrogen and oxygen atoms in total. The van der Waals surface area contributed by atoms with Crippen LogP contribution in [0.4, 0.5) is 5.69 Å². The third-order valence-corrected chi connectivity index (χ3v) is 4.33. The molecule has 140 valence electrons. The summed E-state index contributed by atoms with van der Waals surface area (Å²) in [7, 11) is 1.49. The van der Waals surface area contributed by atoms with Crippen LogP contribution >= 0.6 is 23.2 Å². The van der Waals surface area contributed by atoms with Crippen LogP contribution in [0.15, 0.2) is 45.6 Å². The summed E-state index contributed by atoms with van der Waals surface area (Å²) in [5.74, 6) is 0.261. The van der Waals surface area contributed by atoms with E-state index < -0.39 is 11.5 Å². The third-order valence-electron chi connectivity index (χ3n) is 3.80. The van der Waals surface area contributed by atoms with Gasteiger partial charge in [0, 0.05) is 22.5 Å². The van der Waals surface area contributed by atoms with Gasteiger partial charge < -0.3 is 19.2 Å². The van der Waals surface area contributed by atoms with E-state index in [0.29, 0.717) is 32.5 Å². The van der Waals surface area contributed by atoms with E-state index >= 15 is 0 Å². The van der Waals surface area contributed by atoms with Gasteiger partial charge in [-0.2, -0.15) is 0 Å². The first kappa shape index (κ1) is 19.1. The average Bonchev–Trinajstić information content (AvgIpc) is 2.61. The van der Waals surface area contributed by atoms with E-state index in [2.05, 4.69) is 5.32 Å². The summed E-state index contributed by atoms with van der Waals surface area (Å²) in [6.45, 7) is 1.47. The van der Waals surface area contributed by atoms with Crippen molar-refractivity contribution in [1.82, 2.24) is 0 Å². The smallest absolute Gasteiger partial charge is 0.336 e. The van der Waals surface area contributed by atoms with E-state index in [1.165, 1.54) is 19.2 Å². The molecule has 0 saturated heterocycles. The Kier molecular flexibility index (Phi) is 5.58. The number of amides is 1. The van der Waals surface area contributed by atoms with Gasteiger partial charge in [-0.15, -0.1) is 0 Å². The molecule has 0 aliphatic carbocycles. The molecule has 0 bridgehead atoms. The lowest BCUT2D eigenvalue weighted by Gasteiger charge is -2.12. The van der Waals surface area contributed by atoms with Crippen LogP contribution in [-0.4, -0.2) is 19.6 Å². The van der Waals surface area contributed by atoms with Gasteiger partial charge in [0.2, 0.25) is 0 Å². The predicted octanol–water partition coefficient (Wildman–Crippen LogP) is 4.43. The summed E-state index contributed by atoms with van der Waals surface area (Å²) < 4.78 is 15.8. The number of halogens is 2. The topological polar surface area (TPSA) is 77.8 Å². The largest absolute Gasteiger partial charge is 0.495 e. The van der Waals surface area contributed by atoms with Crippen molar-refractivity contribution in [3.05, 3.63) is 62.4 Å². The monoisotopic (exact) mass is 407 g/mol. The fraction of sp³-hybridized carbons (Fsp3) is 0.158. The van der Waals surface area contributed by atoms with Gasteiger partial charge in [0.15, 0.2) is 6.61 Å². The fourth-order valence-electron chi connectivity index (χ4n) is 2.54. The number of hydrogen-bond acceptors (Lipinski definition) is 5. The number of rotatable bonds is 5. The second-order valence-electron chi connectivity index (χ2n) is 5.71. The normalized spacial score (nSPS) is 10.7. The SMILES string of the molecule is COc1ccc(Cl)cc1NC(=O)COc1cc2oc(=O)cc(C)c2cc1Cl. The molecular formula is C19H15Cl2NO5. The molecule has 1 aromatic heterocycles. The van der Waals surface area contributed by atoms with Gasteiger partial charge >= 0.3 is 5.63 Å². The highest BCUT2D eigenvalue weighted by atomic mass is 35.5. The van der Waals surface area contributed by atoms with Crippen molar-refractivity contribution < 1.29 is 18.7 Å². The minimum absolute atomic E-state index is 0.228. The van der Waals surface area contributed by atoms with Crippen LogP contribution in [0, 0.1) is 6.92 Å². The summed E-state index contributed by atoms with van der Waals surface area (Å²) in [5.41, 5.74) is 1.01. The van der Waals surface area contributed by atoms with Gasteiger partial charge in [-0.1, -0.05) is 23.2 Å². The predicted molar refractivity (Wildman–Crippen MR) is 104 cm³/mol. The maximum atomic E-state index is 12.2. The molecule has 0 atom stereocenters. The van der Waals surface area contributed by atoms with E-state index in [1.54, 1.807) is 31.2 Å². The fourth-order valence-corrected chi connectivity index (χ4v) is 2.93. The standard InChI is InChI=1S/C19H15Cl2NO5/c1-10-5-19(24)27-16-8-17(13(21)7-12(10)16)26-9-18(23)22-14-6-11(20)3-4-15(14)25-2/h3-8H,9H2,1-2H3,(H,22,23). The van der Waals surface area contributed by atoms with Crippen LogP contribution in [0.25, 0.3) is 11.0 Å². The molecule has 3 rings (SSSR count). The molecule has 0 fully saturated rings. The number of benzene rings is 2. The second kappa shape index (κ2) is 7.90. The van der Waals surface area contributed by atoms with Gasteiger partial charge in [0.1, 0.15) is 17.1 Å². The van der Waals surface area contributed by atoms with Crippen molar-refractivity contribution in [2.24, 2.45) is 0 Å². The second-order valence-corrected chi connectivity index (χ2v) is 6.55. The summed E-state index contributed by atoms with van der Waals surface area (Å²) in [6, 6.07) is 9.35. The van der Waals surface area contributed by atoms with Gasteiger partial charge in [-0.05, 0) is 36.8 Å². The third kappa shape index (κ3) is 4.35. The average molecular weight is 408 g/mol. The lowest BCUT2D eigenvalue weighted by atomic mass is 10.1. The molecule has 8 heteroatoms. The Hall–Kier alpha value is -2.70. The van der Waals surface area contributed by atoms with E-state index in [0.717, 1.165) is 5.56 Å².